The standard InChI is InChI=1S/C46H66N4O12/c1-27(16-17-50(7)26-51)18-30(4)37(53)15-14-29(3)40(57-9)22-41-32(6)39(56-8)12-11-13-42-47-35(24-59-42)45-49-36(25-61-45)46-48-34(23-60-46)44(58-10)31(5)38(54)20-28(2)19-33(52)21-43(55)62-41/h11,13,16-18,23-29,31-33,38-41,44,52,54H,12,14-15,19-22H2,1-10H3/b13-11+,17-16+,30-18+/t27-,28+,29+,31+,32-,33+,38+,39+,40+,41+,44-/m1/s1. The van der Waals surface area contributed by atoms with Gasteiger partial charge in [0.05, 0.1) is 30.8 Å². The lowest BCUT2D eigenvalue weighted by atomic mass is 9.86. The SMILES string of the molecule is CO[C@H]1C/C=C/c2nc(co2)-c2nc(co2)-c2nc(co2)[C@H](OC)[C@@H](C)[C@@H](O)C[C@@H](C)C[C@H](O)CC(=O)O[C@@H](C[C@H](OC)[C@@H](C)CCC(=O)/C(C)=C/[C@H](C)/C=C/N(C)C=O)[C@@H]1C. The van der Waals surface area contributed by atoms with Gasteiger partial charge in [-0.2, -0.15) is 0 Å². The highest BCUT2D eigenvalue weighted by molar-refractivity contribution is 5.94. The van der Waals surface area contributed by atoms with Crippen molar-refractivity contribution in [2.45, 2.75) is 123 Å². The Balaban J connectivity index is 1.55. The number of ether oxygens (including phenoxy) is 4. The van der Waals surface area contributed by atoms with Gasteiger partial charge < -0.3 is 47.3 Å². The Hall–Kier alpha value is -4.74. The third-order valence-corrected chi connectivity index (χ3v) is 11.7. The van der Waals surface area contributed by atoms with Gasteiger partial charge in [0.1, 0.15) is 36.7 Å². The van der Waals surface area contributed by atoms with Crippen LogP contribution in [0.5, 0.6) is 0 Å². The zero-order valence-corrected chi connectivity index (χ0v) is 37.8. The minimum Gasteiger partial charge on any atom is -0.462 e. The number of aromatic nitrogens is 3. The summed E-state index contributed by atoms with van der Waals surface area (Å²) < 4.78 is 41.0. The van der Waals surface area contributed by atoms with Crippen LogP contribution in [-0.4, -0.2) is 107 Å². The summed E-state index contributed by atoms with van der Waals surface area (Å²) in [6.45, 7) is 11.4. The minimum absolute atomic E-state index is 0.0116. The second-order valence-electron chi connectivity index (χ2n) is 16.8. The molecular weight excluding hydrogens is 801 g/mol. The molecule has 11 atom stereocenters. The van der Waals surface area contributed by atoms with Gasteiger partial charge in [0.15, 0.2) is 17.2 Å². The van der Waals surface area contributed by atoms with Gasteiger partial charge in [0.2, 0.25) is 24.1 Å². The molecule has 16 heteroatoms. The van der Waals surface area contributed by atoms with Crippen LogP contribution in [0.15, 0.2) is 62.0 Å². The number of oxazole rings is 3. The zero-order valence-electron chi connectivity index (χ0n) is 37.8. The monoisotopic (exact) mass is 866 g/mol. The highest BCUT2D eigenvalue weighted by atomic mass is 16.6. The number of allylic oxidation sites excluding steroid dienone is 3. The van der Waals surface area contributed by atoms with Crippen LogP contribution in [0.1, 0.15) is 104 Å². The molecule has 3 aromatic heterocycles. The molecule has 0 unspecified atom stereocenters. The molecule has 1 aliphatic rings. The van der Waals surface area contributed by atoms with Gasteiger partial charge in [0.25, 0.3) is 0 Å². The van der Waals surface area contributed by atoms with E-state index in [1.807, 2.05) is 52.8 Å². The number of fused-ring (bicyclic) bond motifs is 8. The molecule has 0 fully saturated rings. The van der Waals surface area contributed by atoms with Crippen LogP contribution in [-0.2, 0) is 33.3 Å². The maximum absolute atomic E-state index is 13.6. The number of cyclic esters (lactones) is 1. The quantitative estimate of drug-likeness (QED) is 0.0919. The molecule has 6 bridgehead atoms. The van der Waals surface area contributed by atoms with Crippen LogP contribution >= 0.6 is 0 Å². The van der Waals surface area contributed by atoms with Crippen LogP contribution in [0.3, 0.4) is 0 Å². The smallest absolute Gasteiger partial charge is 0.308 e. The number of esters is 1. The number of hydrogen-bond acceptors (Lipinski definition) is 15. The largest absolute Gasteiger partial charge is 0.462 e. The Bertz CT molecular complexity index is 1950. The molecule has 0 spiro atoms. The fourth-order valence-corrected chi connectivity index (χ4v) is 7.79. The van der Waals surface area contributed by atoms with Crippen LogP contribution in [0.4, 0.5) is 0 Å². The van der Waals surface area contributed by atoms with E-state index in [-0.39, 0.29) is 60.2 Å². The lowest BCUT2D eigenvalue weighted by Crippen LogP contribution is -2.39. The number of aliphatic hydroxyl groups is 2. The summed E-state index contributed by atoms with van der Waals surface area (Å²) in [5.74, 6) is -0.899. The molecule has 0 saturated carbocycles. The predicted molar refractivity (Wildman–Crippen MR) is 230 cm³/mol. The van der Waals surface area contributed by atoms with E-state index in [0.29, 0.717) is 67.1 Å². The van der Waals surface area contributed by atoms with Gasteiger partial charge in [-0.05, 0) is 62.0 Å². The van der Waals surface area contributed by atoms with Crippen molar-refractivity contribution in [1.82, 2.24) is 19.9 Å². The van der Waals surface area contributed by atoms with E-state index < -0.39 is 42.4 Å². The molecule has 0 aliphatic carbocycles. The van der Waals surface area contributed by atoms with Crippen LogP contribution in [0.2, 0.25) is 0 Å². The number of rotatable bonds is 14. The number of hydrogen-bond donors (Lipinski definition) is 2. The Labute approximate surface area is 364 Å². The highest BCUT2D eigenvalue weighted by Gasteiger charge is 2.34. The number of methoxy groups -OCH3 is 3. The summed E-state index contributed by atoms with van der Waals surface area (Å²) in [5.41, 5.74) is 1.80. The molecule has 342 valence electrons. The van der Waals surface area contributed by atoms with Crippen molar-refractivity contribution in [3.63, 3.8) is 0 Å². The summed E-state index contributed by atoms with van der Waals surface area (Å²) in [6, 6.07) is 0. The Morgan fingerprint density at radius 3 is 2.35 bits per heavy atom. The lowest BCUT2D eigenvalue weighted by Gasteiger charge is -2.33. The first-order chi connectivity index (χ1) is 29.6. The maximum Gasteiger partial charge on any atom is 0.308 e. The topological polar surface area (TPSA) is 210 Å². The average Bonchev–Trinajstić information content (AvgIpc) is 4.03. The van der Waals surface area contributed by atoms with Crippen molar-refractivity contribution >= 4 is 24.2 Å². The third-order valence-electron chi connectivity index (χ3n) is 11.7. The lowest BCUT2D eigenvalue weighted by molar-refractivity contribution is -0.160. The molecule has 0 aromatic carbocycles. The third kappa shape index (κ3) is 14.4. The molecular formula is C46H66N4O12. The molecule has 0 saturated heterocycles. The number of aliphatic hydroxyl groups excluding tert-OH is 2. The van der Waals surface area contributed by atoms with E-state index in [1.165, 1.54) is 30.8 Å². The van der Waals surface area contributed by atoms with Crippen LogP contribution in [0, 0.1) is 29.6 Å². The van der Waals surface area contributed by atoms with E-state index in [0.717, 1.165) is 0 Å². The normalized spacial score (nSPS) is 26.8. The molecule has 0 radical (unpaired) electrons. The molecule has 1 aliphatic heterocycles. The number of carbonyl (C=O) groups excluding carboxylic acids is 3. The van der Waals surface area contributed by atoms with Crippen molar-refractivity contribution < 1.29 is 56.8 Å². The molecule has 2 N–H and O–H groups in total. The van der Waals surface area contributed by atoms with Crippen LogP contribution in [0.25, 0.3) is 29.2 Å². The Morgan fingerprint density at radius 2 is 1.66 bits per heavy atom. The van der Waals surface area contributed by atoms with E-state index in [4.69, 9.17) is 32.2 Å². The number of carbonyl (C=O) groups is 3. The van der Waals surface area contributed by atoms with Crippen molar-refractivity contribution in [2.24, 2.45) is 29.6 Å². The van der Waals surface area contributed by atoms with Gasteiger partial charge in [-0.3, -0.25) is 14.4 Å². The molecule has 3 aromatic rings. The fraction of sp³-hybridized carbons (Fsp3) is 0.609. The van der Waals surface area contributed by atoms with Gasteiger partial charge in [-0.1, -0.05) is 52.8 Å². The molecule has 4 heterocycles. The van der Waals surface area contributed by atoms with Gasteiger partial charge in [0, 0.05) is 59.3 Å². The van der Waals surface area contributed by atoms with Crippen molar-refractivity contribution in [1.29, 1.82) is 0 Å². The number of amides is 1. The number of nitrogens with zero attached hydrogens (tertiary/aromatic N) is 4. The summed E-state index contributed by atoms with van der Waals surface area (Å²) in [5, 5.41) is 22.4. The minimum atomic E-state index is -1.02. The van der Waals surface area contributed by atoms with Gasteiger partial charge >= 0.3 is 5.97 Å². The first-order valence-electron chi connectivity index (χ1n) is 21.3. The molecule has 16 nitrogen and oxygen atoms in total. The number of Topliss-reactive ketones (excluding diaryl/α,β-unsaturated/α-hetero) is 1. The van der Waals surface area contributed by atoms with Crippen LogP contribution < -0.4 is 0 Å². The summed E-state index contributed by atoms with van der Waals surface area (Å²) in [4.78, 5) is 52.7. The first kappa shape index (κ1) is 49.9. The van der Waals surface area contributed by atoms with Crippen molar-refractivity contribution in [3.05, 3.63) is 60.4 Å². The van der Waals surface area contributed by atoms with E-state index in [1.54, 1.807) is 40.5 Å². The fourth-order valence-electron chi connectivity index (χ4n) is 7.79. The Kier molecular flexibility index (Phi) is 19.5. The molecule has 1 amide bonds. The summed E-state index contributed by atoms with van der Waals surface area (Å²) >= 11 is 0. The second-order valence-corrected chi connectivity index (χ2v) is 16.8. The Morgan fingerprint density at radius 1 is 0.968 bits per heavy atom. The van der Waals surface area contributed by atoms with E-state index >= 15 is 0 Å². The molecule has 4 rings (SSSR count). The second kappa shape index (κ2) is 24.2. The van der Waals surface area contributed by atoms with E-state index in [2.05, 4.69) is 15.0 Å². The van der Waals surface area contributed by atoms with Crippen molar-refractivity contribution in [3.8, 4) is 23.2 Å². The summed E-state index contributed by atoms with van der Waals surface area (Å²) in [7, 11) is 6.37. The van der Waals surface area contributed by atoms with Crippen molar-refractivity contribution in [2.75, 3.05) is 28.4 Å². The first-order valence-corrected chi connectivity index (χ1v) is 21.3. The highest BCUT2D eigenvalue weighted by Crippen LogP contribution is 2.34. The maximum atomic E-state index is 13.6. The van der Waals surface area contributed by atoms with E-state index in [9.17, 15) is 24.6 Å². The zero-order chi connectivity index (χ0) is 45.5. The van der Waals surface area contributed by atoms with Gasteiger partial charge in [-0.15, -0.1) is 0 Å². The predicted octanol–water partition coefficient (Wildman–Crippen LogP) is 7.39. The molecule has 62 heavy (non-hydrogen) atoms. The van der Waals surface area contributed by atoms with Gasteiger partial charge in [-0.25, -0.2) is 15.0 Å². The number of ketones is 1. The average molecular weight is 867 g/mol. The summed E-state index contributed by atoms with van der Waals surface area (Å²) in [6.07, 6.45) is 11.9.